The molecule has 102 valence electrons. The van der Waals surface area contributed by atoms with E-state index in [2.05, 4.69) is 32.3 Å². The number of hydrogen-bond acceptors (Lipinski definition) is 5. The minimum Gasteiger partial charge on any atom is -0.458 e. The molecule has 0 radical (unpaired) electrons. The van der Waals surface area contributed by atoms with E-state index in [0.717, 1.165) is 12.0 Å². The van der Waals surface area contributed by atoms with Crippen molar-refractivity contribution in [1.29, 1.82) is 0 Å². The molecule has 4 N–H and O–H groups in total. The molecule has 20 heavy (non-hydrogen) atoms. The zero-order valence-corrected chi connectivity index (χ0v) is 11.0. The molecular weight excluding hydrogens is 256 g/mol. The van der Waals surface area contributed by atoms with Crippen molar-refractivity contribution in [3.63, 3.8) is 0 Å². The van der Waals surface area contributed by atoms with Crippen LogP contribution in [0.3, 0.4) is 0 Å². The van der Waals surface area contributed by atoms with E-state index in [0.29, 0.717) is 17.0 Å². The molecule has 3 rings (SSSR count). The first kappa shape index (κ1) is 12.3. The standard InChI is InChI=1S/C13H14N6O/c1-2-9(8-6-4-3-5-7-8)20-12-10-11(18-19-17-10)15-13(14)16-12/h3-7,9H,2H2,1H3,(H3,14,15,16,17,18,19)/p+1. The Kier molecular flexibility index (Phi) is 3.16. The summed E-state index contributed by atoms with van der Waals surface area (Å²) >= 11 is 0. The summed E-state index contributed by atoms with van der Waals surface area (Å²) in [5, 5.41) is 10.5. The van der Waals surface area contributed by atoms with Gasteiger partial charge in [-0.15, -0.1) is 10.2 Å². The highest BCUT2D eigenvalue weighted by Crippen LogP contribution is 2.25. The Bertz CT molecular complexity index is 711. The van der Waals surface area contributed by atoms with E-state index in [1.165, 1.54) is 0 Å². The number of aromatic amines is 2. The molecule has 0 aliphatic heterocycles. The van der Waals surface area contributed by atoms with Gasteiger partial charge in [0.2, 0.25) is 5.52 Å². The van der Waals surface area contributed by atoms with Crippen LogP contribution >= 0.6 is 0 Å². The summed E-state index contributed by atoms with van der Waals surface area (Å²) in [5.41, 5.74) is 7.77. The topological polar surface area (TPSA) is 104 Å². The monoisotopic (exact) mass is 271 g/mol. The van der Waals surface area contributed by atoms with Crippen LogP contribution in [0.1, 0.15) is 25.0 Å². The van der Waals surface area contributed by atoms with Crippen LogP contribution in [0, 0.1) is 0 Å². The molecule has 2 heterocycles. The average molecular weight is 271 g/mol. The van der Waals surface area contributed by atoms with Crippen LogP contribution in [-0.2, 0) is 0 Å². The lowest BCUT2D eigenvalue weighted by atomic mass is 10.1. The molecule has 0 amide bonds. The molecule has 0 aliphatic rings. The minimum atomic E-state index is -0.0888. The lowest BCUT2D eigenvalue weighted by Gasteiger charge is -2.16. The first-order chi connectivity index (χ1) is 9.78. The van der Waals surface area contributed by atoms with Crippen molar-refractivity contribution in [2.45, 2.75) is 19.4 Å². The Hall–Kier alpha value is -2.70. The zero-order chi connectivity index (χ0) is 13.9. The normalized spacial score (nSPS) is 12.4. The second-order valence-corrected chi connectivity index (χ2v) is 4.37. The largest absolute Gasteiger partial charge is 0.458 e. The molecule has 0 saturated heterocycles. The fraction of sp³-hybridized carbons (Fsp3) is 0.231. The van der Waals surface area contributed by atoms with Crippen LogP contribution in [0.25, 0.3) is 11.2 Å². The minimum absolute atomic E-state index is 0.0888. The zero-order valence-electron chi connectivity index (χ0n) is 11.0. The molecule has 0 fully saturated rings. The van der Waals surface area contributed by atoms with Crippen LogP contribution in [0.2, 0.25) is 0 Å². The second kappa shape index (κ2) is 5.12. The van der Waals surface area contributed by atoms with Crippen molar-refractivity contribution in [3.8, 4) is 5.88 Å². The third-order valence-corrected chi connectivity index (χ3v) is 3.01. The van der Waals surface area contributed by atoms with Crippen LogP contribution < -0.4 is 15.5 Å². The number of aromatic nitrogens is 5. The van der Waals surface area contributed by atoms with Gasteiger partial charge >= 0.3 is 5.95 Å². The molecule has 1 atom stereocenters. The average Bonchev–Trinajstić information content (AvgIpc) is 2.93. The fourth-order valence-electron chi connectivity index (χ4n) is 2.06. The Morgan fingerprint density at radius 2 is 2.10 bits per heavy atom. The molecule has 0 bridgehead atoms. The van der Waals surface area contributed by atoms with Crippen molar-refractivity contribution in [2.24, 2.45) is 0 Å². The van der Waals surface area contributed by atoms with E-state index in [-0.39, 0.29) is 12.1 Å². The molecule has 7 heteroatoms. The van der Waals surface area contributed by atoms with Gasteiger partial charge in [0, 0.05) is 0 Å². The lowest BCUT2D eigenvalue weighted by molar-refractivity contribution is -0.382. The molecule has 0 spiro atoms. The highest BCUT2D eigenvalue weighted by molar-refractivity contribution is 5.73. The predicted octanol–water partition coefficient (Wildman–Crippen LogP) is 1.28. The molecule has 0 saturated carbocycles. The van der Waals surface area contributed by atoms with Gasteiger partial charge in [0.1, 0.15) is 6.10 Å². The number of rotatable bonds is 4. The third-order valence-electron chi connectivity index (χ3n) is 3.01. The first-order valence-corrected chi connectivity index (χ1v) is 6.38. The van der Waals surface area contributed by atoms with E-state index in [1.54, 1.807) is 0 Å². The Morgan fingerprint density at radius 1 is 1.30 bits per heavy atom. The van der Waals surface area contributed by atoms with Gasteiger partial charge in [0.05, 0.1) is 0 Å². The fourth-order valence-corrected chi connectivity index (χ4v) is 2.06. The van der Waals surface area contributed by atoms with Gasteiger partial charge in [-0.1, -0.05) is 37.3 Å². The van der Waals surface area contributed by atoms with Crippen LogP contribution in [-0.4, -0.2) is 20.4 Å². The number of nitrogens with one attached hydrogen (secondary N) is 2. The number of fused-ring (bicyclic) bond motifs is 1. The van der Waals surface area contributed by atoms with Crippen molar-refractivity contribution in [3.05, 3.63) is 35.9 Å². The highest BCUT2D eigenvalue weighted by Gasteiger charge is 2.20. The van der Waals surface area contributed by atoms with E-state index in [9.17, 15) is 0 Å². The van der Waals surface area contributed by atoms with Gasteiger partial charge in [-0.25, -0.2) is 4.98 Å². The second-order valence-electron chi connectivity index (χ2n) is 4.37. The quantitative estimate of drug-likeness (QED) is 0.743. The molecule has 2 aromatic heterocycles. The summed E-state index contributed by atoms with van der Waals surface area (Å²) in [7, 11) is 0. The van der Waals surface area contributed by atoms with Gasteiger partial charge in [-0.3, -0.25) is 5.73 Å². The number of nitrogens with two attached hydrogens (primary N) is 1. The third kappa shape index (κ3) is 2.25. The Morgan fingerprint density at radius 3 is 2.85 bits per heavy atom. The van der Waals surface area contributed by atoms with E-state index >= 15 is 0 Å². The number of nitrogen functional groups attached to an aromatic ring is 1. The Balaban J connectivity index is 1.97. The smallest absolute Gasteiger partial charge is 0.392 e. The molecule has 1 unspecified atom stereocenters. The predicted molar refractivity (Wildman–Crippen MR) is 72.8 cm³/mol. The van der Waals surface area contributed by atoms with Crippen LogP contribution in [0.5, 0.6) is 5.88 Å². The number of nitrogens with zero attached hydrogens (tertiary/aromatic N) is 3. The molecular formula is C13H15N6O+. The number of H-pyrrole nitrogens is 2. The number of anilines is 1. The van der Waals surface area contributed by atoms with Crippen LogP contribution in [0.4, 0.5) is 5.95 Å². The van der Waals surface area contributed by atoms with Crippen molar-refractivity contribution in [1.82, 2.24) is 20.4 Å². The SMILES string of the molecule is CCC(Oc1[nH+]c(N)nc2n[nH]nc12)c1ccccc1. The summed E-state index contributed by atoms with van der Waals surface area (Å²) in [6.07, 6.45) is 0.730. The van der Waals surface area contributed by atoms with Crippen molar-refractivity contribution < 1.29 is 9.72 Å². The maximum absolute atomic E-state index is 6.00. The number of benzene rings is 1. The summed E-state index contributed by atoms with van der Waals surface area (Å²) in [6, 6.07) is 10.00. The Labute approximate surface area is 115 Å². The molecule has 3 aromatic rings. The molecule has 0 aliphatic carbocycles. The van der Waals surface area contributed by atoms with Gasteiger partial charge in [0.25, 0.3) is 11.5 Å². The van der Waals surface area contributed by atoms with Gasteiger partial charge in [-0.05, 0) is 17.0 Å². The summed E-state index contributed by atoms with van der Waals surface area (Å²) in [4.78, 5) is 6.93. The maximum atomic E-state index is 6.00. The highest BCUT2D eigenvalue weighted by atomic mass is 16.5. The van der Waals surface area contributed by atoms with Crippen molar-refractivity contribution >= 4 is 17.1 Å². The first-order valence-electron chi connectivity index (χ1n) is 6.38. The van der Waals surface area contributed by atoms with Crippen LogP contribution in [0.15, 0.2) is 30.3 Å². The van der Waals surface area contributed by atoms with Crippen molar-refractivity contribution in [2.75, 3.05) is 5.73 Å². The van der Waals surface area contributed by atoms with Gasteiger partial charge < -0.3 is 4.74 Å². The van der Waals surface area contributed by atoms with Gasteiger partial charge in [-0.2, -0.15) is 5.21 Å². The van der Waals surface area contributed by atoms with E-state index in [4.69, 9.17) is 10.5 Å². The number of hydrogen-bond donors (Lipinski definition) is 2. The number of ether oxygens (including phenoxy) is 1. The maximum Gasteiger partial charge on any atom is 0.392 e. The van der Waals surface area contributed by atoms with E-state index < -0.39 is 0 Å². The lowest BCUT2D eigenvalue weighted by Crippen LogP contribution is -2.19. The molecule has 1 aromatic carbocycles. The van der Waals surface area contributed by atoms with Gasteiger partial charge in [0.15, 0.2) is 0 Å². The summed E-state index contributed by atoms with van der Waals surface area (Å²) in [5.74, 6) is 0.710. The summed E-state index contributed by atoms with van der Waals surface area (Å²) < 4.78 is 6.00. The molecule has 7 nitrogen and oxygen atoms in total. The summed E-state index contributed by atoms with van der Waals surface area (Å²) in [6.45, 7) is 2.06. The van der Waals surface area contributed by atoms with E-state index in [1.807, 2.05) is 30.3 Å².